The number of ether oxygens (including phenoxy) is 1. The highest BCUT2D eigenvalue weighted by molar-refractivity contribution is 6.44. The van der Waals surface area contributed by atoms with Crippen LogP contribution in [0.1, 0.15) is 0 Å². The van der Waals surface area contributed by atoms with E-state index in [0.29, 0.717) is 29.5 Å². The van der Waals surface area contributed by atoms with E-state index in [1.54, 1.807) is 42.3 Å². The molecule has 0 atom stereocenters. The van der Waals surface area contributed by atoms with Crippen molar-refractivity contribution in [2.24, 2.45) is 0 Å². The lowest BCUT2D eigenvalue weighted by atomic mass is 10.3. The van der Waals surface area contributed by atoms with Crippen molar-refractivity contribution < 1.29 is 14.3 Å². The number of amides is 2. The Hall–Kier alpha value is -2.38. The highest BCUT2D eigenvalue weighted by atomic mass is 35.5. The van der Waals surface area contributed by atoms with Gasteiger partial charge in [0.15, 0.2) is 0 Å². The molecule has 7 nitrogen and oxygen atoms in total. The monoisotopic (exact) mass is 322 g/mol. The molecule has 2 rings (SSSR count). The molecule has 0 aliphatic rings. The van der Waals surface area contributed by atoms with Gasteiger partial charge in [0.05, 0.1) is 35.7 Å². The molecular weight excluding hydrogens is 308 g/mol. The number of anilines is 2. The lowest BCUT2D eigenvalue weighted by molar-refractivity contribution is -0.132. The van der Waals surface area contributed by atoms with Crippen molar-refractivity contribution >= 4 is 34.8 Å². The average molecular weight is 323 g/mol. The van der Waals surface area contributed by atoms with Gasteiger partial charge in [-0.2, -0.15) is 5.10 Å². The number of benzene rings is 1. The van der Waals surface area contributed by atoms with E-state index in [0.717, 1.165) is 0 Å². The summed E-state index contributed by atoms with van der Waals surface area (Å²) < 4.78 is 6.53. The van der Waals surface area contributed by atoms with Gasteiger partial charge in [0.2, 0.25) is 0 Å². The van der Waals surface area contributed by atoms with Gasteiger partial charge in [-0.25, -0.2) is 0 Å². The first-order valence-electron chi connectivity index (χ1n) is 6.48. The predicted octanol–water partition coefficient (Wildman–Crippen LogP) is 1.76. The van der Waals surface area contributed by atoms with Crippen molar-refractivity contribution in [3.05, 3.63) is 41.7 Å². The van der Waals surface area contributed by atoms with E-state index in [4.69, 9.17) is 16.3 Å². The van der Waals surface area contributed by atoms with Crippen LogP contribution in [0.15, 0.2) is 36.7 Å². The van der Waals surface area contributed by atoms with Gasteiger partial charge >= 0.3 is 11.8 Å². The molecule has 2 aromatic rings. The molecule has 0 fully saturated rings. The number of hydrogen-bond donors (Lipinski definition) is 2. The fourth-order valence-corrected chi connectivity index (χ4v) is 1.85. The molecule has 1 aromatic heterocycles. The summed E-state index contributed by atoms with van der Waals surface area (Å²) in [4.78, 5) is 23.6. The molecule has 0 radical (unpaired) electrons. The molecule has 0 spiro atoms. The number of methoxy groups -OCH3 is 1. The van der Waals surface area contributed by atoms with E-state index < -0.39 is 11.8 Å². The van der Waals surface area contributed by atoms with Gasteiger partial charge in [-0.05, 0) is 12.1 Å². The quantitative estimate of drug-likeness (QED) is 0.821. The molecule has 2 N–H and O–H groups in total. The van der Waals surface area contributed by atoms with E-state index in [9.17, 15) is 9.59 Å². The second-order valence-electron chi connectivity index (χ2n) is 4.37. The van der Waals surface area contributed by atoms with Gasteiger partial charge in [0.1, 0.15) is 0 Å². The molecule has 0 aliphatic heterocycles. The lowest BCUT2D eigenvalue weighted by Crippen LogP contribution is -2.29. The zero-order valence-electron chi connectivity index (χ0n) is 11.9. The fourth-order valence-electron chi connectivity index (χ4n) is 1.66. The Morgan fingerprint density at radius 3 is 2.73 bits per heavy atom. The minimum absolute atomic E-state index is 0.357. The van der Waals surface area contributed by atoms with Crippen molar-refractivity contribution in [3.63, 3.8) is 0 Å². The largest absolute Gasteiger partial charge is 0.383 e. The second kappa shape index (κ2) is 7.58. The van der Waals surface area contributed by atoms with Gasteiger partial charge in [0.25, 0.3) is 0 Å². The van der Waals surface area contributed by atoms with E-state index in [-0.39, 0.29) is 0 Å². The van der Waals surface area contributed by atoms with E-state index in [2.05, 4.69) is 15.7 Å². The summed E-state index contributed by atoms with van der Waals surface area (Å²) in [6, 6.07) is 6.66. The molecular formula is C14H15ClN4O3. The summed E-state index contributed by atoms with van der Waals surface area (Å²) in [7, 11) is 1.59. The van der Waals surface area contributed by atoms with E-state index >= 15 is 0 Å². The molecule has 8 heteroatoms. The lowest BCUT2D eigenvalue weighted by Gasteiger charge is -2.06. The molecule has 22 heavy (non-hydrogen) atoms. The highest BCUT2D eigenvalue weighted by Crippen LogP contribution is 2.20. The molecule has 1 heterocycles. The normalized spacial score (nSPS) is 10.3. The van der Waals surface area contributed by atoms with Crippen LogP contribution >= 0.6 is 11.6 Å². The number of carbonyl (C=O) groups excluding carboxylic acids is 2. The molecule has 2 amide bonds. The zero-order valence-corrected chi connectivity index (χ0v) is 12.6. The number of hydrogen-bond acceptors (Lipinski definition) is 4. The van der Waals surface area contributed by atoms with Crippen molar-refractivity contribution in [2.45, 2.75) is 6.54 Å². The van der Waals surface area contributed by atoms with Gasteiger partial charge in [-0.1, -0.05) is 23.7 Å². The first-order valence-corrected chi connectivity index (χ1v) is 6.86. The van der Waals surface area contributed by atoms with Crippen molar-refractivity contribution in [2.75, 3.05) is 24.4 Å². The average Bonchev–Trinajstić information content (AvgIpc) is 2.94. The summed E-state index contributed by atoms with van der Waals surface area (Å²) in [5, 5.41) is 9.29. The molecule has 0 saturated carbocycles. The number of aromatic nitrogens is 2. The van der Waals surface area contributed by atoms with Crippen molar-refractivity contribution in [1.82, 2.24) is 9.78 Å². The third-order valence-electron chi connectivity index (χ3n) is 2.74. The topological polar surface area (TPSA) is 85.2 Å². The Kier molecular flexibility index (Phi) is 5.51. The first-order chi connectivity index (χ1) is 10.6. The smallest absolute Gasteiger partial charge is 0.314 e. The summed E-state index contributed by atoms with van der Waals surface area (Å²) in [5.41, 5.74) is 0.801. The number of nitrogens with zero attached hydrogens (tertiary/aromatic N) is 2. The van der Waals surface area contributed by atoms with Gasteiger partial charge in [-0.15, -0.1) is 0 Å². The van der Waals surface area contributed by atoms with Crippen LogP contribution in [-0.2, 0) is 20.9 Å². The van der Waals surface area contributed by atoms with Crippen LogP contribution < -0.4 is 10.6 Å². The minimum atomic E-state index is -0.808. The number of nitrogens with one attached hydrogen (secondary N) is 2. The van der Waals surface area contributed by atoms with Crippen molar-refractivity contribution in [1.29, 1.82) is 0 Å². The maximum atomic E-state index is 11.8. The molecule has 0 aliphatic carbocycles. The first kappa shape index (κ1) is 16.0. The molecule has 1 aromatic carbocycles. The van der Waals surface area contributed by atoms with Crippen molar-refractivity contribution in [3.8, 4) is 0 Å². The molecule has 0 unspecified atom stereocenters. The Morgan fingerprint density at radius 1 is 1.27 bits per heavy atom. The molecule has 0 bridgehead atoms. The Bertz CT molecular complexity index is 672. The summed E-state index contributed by atoms with van der Waals surface area (Å²) >= 11 is 5.91. The molecule has 0 saturated heterocycles. The third-order valence-corrected chi connectivity index (χ3v) is 3.07. The number of halogens is 1. The number of rotatable bonds is 5. The second-order valence-corrected chi connectivity index (χ2v) is 4.78. The van der Waals surface area contributed by atoms with Crippen LogP contribution in [0.5, 0.6) is 0 Å². The SMILES string of the molecule is COCCn1cc(NC(=O)C(=O)Nc2ccccc2Cl)cn1. The Morgan fingerprint density at radius 2 is 2.00 bits per heavy atom. The number of carbonyl (C=O) groups is 2. The van der Waals surface area contributed by atoms with Crippen LogP contribution in [0.25, 0.3) is 0 Å². The van der Waals surface area contributed by atoms with E-state index in [1.165, 1.54) is 6.20 Å². The Labute approximate surface area is 132 Å². The minimum Gasteiger partial charge on any atom is -0.383 e. The Balaban J connectivity index is 1.92. The van der Waals surface area contributed by atoms with Crippen LogP contribution in [0.3, 0.4) is 0 Å². The van der Waals surface area contributed by atoms with Gasteiger partial charge < -0.3 is 15.4 Å². The van der Waals surface area contributed by atoms with E-state index in [1.807, 2.05) is 0 Å². The van der Waals surface area contributed by atoms with Crippen LogP contribution in [0, 0.1) is 0 Å². The predicted molar refractivity (Wildman–Crippen MR) is 82.8 cm³/mol. The number of para-hydroxylation sites is 1. The fraction of sp³-hybridized carbons (Fsp3) is 0.214. The summed E-state index contributed by atoms with van der Waals surface area (Å²) in [5.74, 6) is -1.61. The molecule has 116 valence electrons. The standard InChI is InChI=1S/C14H15ClN4O3/c1-22-7-6-19-9-10(8-16-19)17-13(20)14(21)18-12-5-3-2-4-11(12)15/h2-5,8-9H,6-7H2,1H3,(H,17,20)(H,18,21). The highest BCUT2D eigenvalue weighted by Gasteiger charge is 2.15. The van der Waals surface area contributed by atoms with Gasteiger partial charge in [-0.3, -0.25) is 14.3 Å². The third kappa shape index (κ3) is 4.31. The van der Waals surface area contributed by atoms with Gasteiger partial charge in [0, 0.05) is 13.3 Å². The summed E-state index contributed by atoms with van der Waals surface area (Å²) in [6.07, 6.45) is 3.07. The van der Waals surface area contributed by atoms with Crippen LogP contribution in [0.2, 0.25) is 5.02 Å². The van der Waals surface area contributed by atoms with Crippen LogP contribution in [-0.4, -0.2) is 35.3 Å². The summed E-state index contributed by atoms with van der Waals surface area (Å²) in [6.45, 7) is 1.06. The van der Waals surface area contributed by atoms with Crippen LogP contribution in [0.4, 0.5) is 11.4 Å². The maximum absolute atomic E-state index is 11.8. The maximum Gasteiger partial charge on any atom is 0.314 e. The zero-order chi connectivity index (χ0) is 15.9.